The minimum absolute atomic E-state index is 0.516. The van der Waals surface area contributed by atoms with Crippen molar-refractivity contribution in [3.8, 4) is 0 Å². The molecule has 1 heterocycles. The lowest BCUT2D eigenvalue weighted by Gasteiger charge is -2.06. The van der Waals surface area contributed by atoms with Crippen LogP contribution in [0.3, 0.4) is 0 Å². The van der Waals surface area contributed by atoms with Crippen LogP contribution in [0.5, 0.6) is 0 Å². The molecule has 1 fully saturated rings. The van der Waals surface area contributed by atoms with E-state index in [2.05, 4.69) is 13.5 Å². The molecule has 1 aliphatic rings. The number of ether oxygens (including phenoxy) is 1. The van der Waals surface area contributed by atoms with Crippen LogP contribution in [0.4, 0.5) is 0 Å². The van der Waals surface area contributed by atoms with Crippen LogP contribution in [0.2, 0.25) is 0 Å². The fourth-order valence-corrected chi connectivity index (χ4v) is 2.36. The van der Waals surface area contributed by atoms with Crippen molar-refractivity contribution in [2.75, 3.05) is 6.61 Å². The average Bonchev–Trinajstić information content (AvgIpc) is 2.63. The van der Waals surface area contributed by atoms with Gasteiger partial charge in [0.1, 0.15) is 0 Å². The van der Waals surface area contributed by atoms with Crippen molar-refractivity contribution in [1.82, 2.24) is 0 Å². The van der Waals surface area contributed by atoms with Crippen molar-refractivity contribution in [2.45, 2.75) is 64.4 Å². The summed E-state index contributed by atoms with van der Waals surface area (Å²) in [5.41, 5.74) is 0. The Kier molecular flexibility index (Phi) is 6.74. The Balaban J connectivity index is 1.82. The first-order valence-corrected chi connectivity index (χ1v) is 6.55. The Bertz CT molecular complexity index is 165. The predicted octanol–water partition coefficient (Wildman–Crippen LogP) is 4.33. The van der Waals surface area contributed by atoms with Gasteiger partial charge in [-0.05, 0) is 38.5 Å². The smallest absolute Gasteiger partial charge is 0.0550 e. The van der Waals surface area contributed by atoms with E-state index >= 15 is 0 Å². The standard InChI is InChI=1S/C14H26O/c1-3-4-5-6-7-8-9-10-14-11-13(2)15-12-14/h3,13-14H,1,4-12H2,2H3. The second kappa shape index (κ2) is 7.92. The number of rotatable bonds is 8. The van der Waals surface area contributed by atoms with Crippen LogP contribution in [0.25, 0.3) is 0 Å². The Morgan fingerprint density at radius 2 is 1.93 bits per heavy atom. The Morgan fingerprint density at radius 1 is 1.20 bits per heavy atom. The van der Waals surface area contributed by atoms with Crippen LogP contribution in [-0.4, -0.2) is 12.7 Å². The molecule has 0 N–H and O–H groups in total. The quantitative estimate of drug-likeness (QED) is 0.428. The lowest BCUT2D eigenvalue weighted by atomic mass is 9.98. The fourth-order valence-electron chi connectivity index (χ4n) is 2.36. The number of allylic oxidation sites excluding steroid dienone is 1. The van der Waals surface area contributed by atoms with Gasteiger partial charge in [-0.15, -0.1) is 6.58 Å². The van der Waals surface area contributed by atoms with Gasteiger partial charge in [0.05, 0.1) is 6.10 Å². The van der Waals surface area contributed by atoms with E-state index in [1.165, 1.54) is 51.4 Å². The van der Waals surface area contributed by atoms with Crippen LogP contribution in [-0.2, 0) is 4.74 Å². The topological polar surface area (TPSA) is 9.23 Å². The van der Waals surface area contributed by atoms with Crippen molar-refractivity contribution in [3.63, 3.8) is 0 Å². The molecule has 1 heteroatoms. The summed E-state index contributed by atoms with van der Waals surface area (Å²) in [5, 5.41) is 0. The highest BCUT2D eigenvalue weighted by Gasteiger charge is 2.20. The van der Waals surface area contributed by atoms with Gasteiger partial charge < -0.3 is 4.74 Å². The summed E-state index contributed by atoms with van der Waals surface area (Å²) in [6.07, 6.45) is 13.3. The van der Waals surface area contributed by atoms with E-state index in [0.717, 1.165) is 12.5 Å². The molecule has 0 amide bonds. The monoisotopic (exact) mass is 210 g/mol. The summed E-state index contributed by atoms with van der Waals surface area (Å²) < 4.78 is 5.56. The van der Waals surface area contributed by atoms with Crippen molar-refractivity contribution in [3.05, 3.63) is 12.7 Å². The zero-order valence-electron chi connectivity index (χ0n) is 10.2. The highest BCUT2D eigenvalue weighted by atomic mass is 16.5. The molecule has 15 heavy (non-hydrogen) atoms. The van der Waals surface area contributed by atoms with Gasteiger partial charge in [-0.25, -0.2) is 0 Å². The maximum absolute atomic E-state index is 5.56. The van der Waals surface area contributed by atoms with Gasteiger partial charge in [0.2, 0.25) is 0 Å². The zero-order chi connectivity index (χ0) is 10.9. The molecule has 88 valence electrons. The summed E-state index contributed by atoms with van der Waals surface area (Å²) in [4.78, 5) is 0. The summed E-state index contributed by atoms with van der Waals surface area (Å²) in [5.74, 6) is 0.855. The maximum atomic E-state index is 5.56. The maximum Gasteiger partial charge on any atom is 0.0550 e. The molecule has 0 spiro atoms. The molecular formula is C14H26O. The second-order valence-corrected chi connectivity index (χ2v) is 4.88. The molecule has 2 unspecified atom stereocenters. The molecule has 1 aliphatic heterocycles. The van der Waals surface area contributed by atoms with E-state index in [0.29, 0.717) is 6.10 Å². The average molecular weight is 210 g/mol. The Morgan fingerprint density at radius 3 is 2.60 bits per heavy atom. The first kappa shape index (κ1) is 12.8. The minimum Gasteiger partial charge on any atom is -0.378 e. The molecule has 0 aliphatic carbocycles. The van der Waals surface area contributed by atoms with Crippen LogP contribution in [0.1, 0.15) is 58.3 Å². The summed E-state index contributed by atoms with van der Waals surface area (Å²) in [6, 6.07) is 0. The van der Waals surface area contributed by atoms with Gasteiger partial charge in [0, 0.05) is 6.61 Å². The minimum atomic E-state index is 0.516. The molecule has 1 rings (SSSR count). The van der Waals surface area contributed by atoms with E-state index in [1.807, 2.05) is 6.08 Å². The zero-order valence-corrected chi connectivity index (χ0v) is 10.2. The Hall–Kier alpha value is -0.300. The van der Waals surface area contributed by atoms with Crippen LogP contribution in [0.15, 0.2) is 12.7 Å². The second-order valence-electron chi connectivity index (χ2n) is 4.88. The first-order valence-electron chi connectivity index (χ1n) is 6.55. The van der Waals surface area contributed by atoms with Gasteiger partial charge in [-0.3, -0.25) is 0 Å². The van der Waals surface area contributed by atoms with E-state index in [9.17, 15) is 0 Å². The normalized spacial score (nSPS) is 25.7. The van der Waals surface area contributed by atoms with Crippen LogP contribution in [0, 0.1) is 5.92 Å². The van der Waals surface area contributed by atoms with E-state index in [-0.39, 0.29) is 0 Å². The summed E-state index contributed by atoms with van der Waals surface area (Å²) in [6.45, 7) is 6.94. The molecule has 0 aromatic carbocycles. The highest BCUT2D eigenvalue weighted by Crippen LogP contribution is 2.24. The van der Waals surface area contributed by atoms with Crippen molar-refractivity contribution >= 4 is 0 Å². The van der Waals surface area contributed by atoms with E-state index < -0.39 is 0 Å². The number of hydrogen-bond acceptors (Lipinski definition) is 1. The molecule has 0 bridgehead atoms. The third-order valence-electron chi connectivity index (χ3n) is 3.30. The van der Waals surface area contributed by atoms with Crippen molar-refractivity contribution in [2.24, 2.45) is 5.92 Å². The molecule has 0 aromatic rings. The van der Waals surface area contributed by atoms with Crippen molar-refractivity contribution in [1.29, 1.82) is 0 Å². The van der Waals surface area contributed by atoms with Gasteiger partial charge in [0.25, 0.3) is 0 Å². The molecule has 0 aromatic heterocycles. The fraction of sp³-hybridized carbons (Fsp3) is 0.857. The first-order chi connectivity index (χ1) is 7.33. The molecule has 1 nitrogen and oxygen atoms in total. The molecule has 1 saturated heterocycles. The van der Waals surface area contributed by atoms with Gasteiger partial charge in [0.15, 0.2) is 0 Å². The molecule has 0 radical (unpaired) electrons. The molecule has 2 atom stereocenters. The Labute approximate surface area is 94.9 Å². The summed E-state index contributed by atoms with van der Waals surface area (Å²) >= 11 is 0. The predicted molar refractivity (Wildman–Crippen MR) is 66.0 cm³/mol. The number of unbranched alkanes of at least 4 members (excludes halogenated alkanes) is 5. The van der Waals surface area contributed by atoms with Crippen LogP contribution < -0.4 is 0 Å². The van der Waals surface area contributed by atoms with Crippen molar-refractivity contribution < 1.29 is 4.74 Å². The van der Waals surface area contributed by atoms with Gasteiger partial charge >= 0.3 is 0 Å². The van der Waals surface area contributed by atoms with Gasteiger partial charge in [-0.1, -0.05) is 31.8 Å². The number of hydrogen-bond donors (Lipinski definition) is 0. The molecular weight excluding hydrogens is 184 g/mol. The van der Waals surface area contributed by atoms with Gasteiger partial charge in [-0.2, -0.15) is 0 Å². The lowest BCUT2D eigenvalue weighted by molar-refractivity contribution is 0.119. The third-order valence-corrected chi connectivity index (χ3v) is 3.30. The summed E-state index contributed by atoms with van der Waals surface area (Å²) in [7, 11) is 0. The largest absolute Gasteiger partial charge is 0.378 e. The van der Waals surface area contributed by atoms with E-state index in [4.69, 9.17) is 4.74 Å². The van der Waals surface area contributed by atoms with Crippen LogP contribution >= 0.6 is 0 Å². The molecule has 0 saturated carbocycles. The third kappa shape index (κ3) is 5.99. The highest BCUT2D eigenvalue weighted by molar-refractivity contribution is 4.70. The SMILES string of the molecule is C=CCCCCCCCC1COC(C)C1. The van der Waals surface area contributed by atoms with E-state index in [1.54, 1.807) is 0 Å². The lowest BCUT2D eigenvalue weighted by Crippen LogP contribution is -1.99.